The maximum Gasteiger partial charge on any atom is 0.116 e. The van der Waals surface area contributed by atoms with Gasteiger partial charge in [0, 0.05) is 0 Å². The molecule has 3 atom stereocenters. The molecule has 4 heteroatoms. The van der Waals surface area contributed by atoms with Gasteiger partial charge in [0.15, 0.2) is 0 Å². The maximum absolute atomic E-state index is 10.1. The first-order valence-corrected chi connectivity index (χ1v) is 7.97. The molecule has 0 aliphatic heterocycles. The molecule has 0 aliphatic carbocycles. The Balaban J connectivity index is 1.99. The van der Waals surface area contributed by atoms with E-state index in [0.717, 1.165) is 11.1 Å². The van der Waals surface area contributed by atoms with E-state index in [1.54, 1.807) is 6.08 Å². The Kier molecular flexibility index (Phi) is 7.65. The van der Waals surface area contributed by atoms with Crippen LogP contribution in [0.5, 0.6) is 0 Å². The van der Waals surface area contributed by atoms with Crippen LogP contribution in [0, 0.1) is 0 Å². The van der Waals surface area contributed by atoms with E-state index in [2.05, 4.69) is 6.58 Å². The van der Waals surface area contributed by atoms with Gasteiger partial charge in [0.2, 0.25) is 0 Å². The molecule has 0 spiro atoms. The van der Waals surface area contributed by atoms with Gasteiger partial charge in [-0.25, -0.2) is 0 Å². The van der Waals surface area contributed by atoms with Crippen LogP contribution in [0.3, 0.4) is 0 Å². The highest BCUT2D eigenvalue weighted by Gasteiger charge is 2.28. The van der Waals surface area contributed by atoms with Gasteiger partial charge in [-0.2, -0.15) is 0 Å². The molecule has 0 heterocycles. The number of aliphatic hydroxyl groups is 2. The smallest absolute Gasteiger partial charge is 0.116 e. The van der Waals surface area contributed by atoms with Crippen molar-refractivity contribution >= 4 is 0 Å². The van der Waals surface area contributed by atoms with E-state index >= 15 is 0 Å². The zero-order valence-corrected chi connectivity index (χ0v) is 13.6. The van der Waals surface area contributed by atoms with Crippen molar-refractivity contribution in [3.63, 3.8) is 0 Å². The van der Waals surface area contributed by atoms with Crippen LogP contribution in [0.25, 0.3) is 0 Å². The second-order valence-electron chi connectivity index (χ2n) is 5.51. The average Bonchev–Trinajstić information content (AvgIpc) is 2.65. The van der Waals surface area contributed by atoms with E-state index in [1.807, 2.05) is 60.7 Å². The molecule has 0 amide bonds. The van der Waals surface area contributed by atoms with Gasteiger partial charge in [0.05, 0.1) is 19.8 Å². The van der Waals surface area contributed by atoms with Crippen LogP contribution in [0.2, 0.25) is 0 Å². The van der Waals surface area contributed by atoms with Gasteiger partial charge >= 0.3 is 0 Å². The summed E-state index contributed by atoms with van der Waals surface area (Å²) in [7, 11) is 0. The summed E-state index contributed by atoms with van der Waals surface area (Å²) in [5.74, 6) is 0. The SMILES string of the molecule is C=C[C@@H](OCc1ccccc1)[C@H](OCc1ccccc1)[C@@H](O)CO. The molecule has 0 fully saturated rings. The molecule has 0 saturated heterocycles. The van der Waals surface area contributed by atoms with Crippen LogP contribution in [-0.4, -0.2) is 35.1 Å². The van der Waals surface area contributed by atoms with E-state index < -0.39 is 24.9 Å². The number of benzene rings is 2. The molecule has 0 radical (unpaired) electrons. The zero-order valence-electron chi connectivity index (χ0n) is 13.6. The lowest BCUT2D eigenvalue weighted by atomic mass is 10.1. The molecule has 24 heavy (non-hydrogen) atoms. The van der Waals surface area contributed by atoms with Crippen LogP contribution < -0.4 is 0 Å². The minimum Gasteiger partial charge on any atom is -0.394 e. The lowest BCUT2D eigenvalue weighted by Crippen LogP contribution is -2.42. The van der Waals surface area contributed by atoms with Crippen LogP contribution in [0.4, 0.5) is 0 Å². The number of aliphatic hydroxyl groups excluding tert-OH is 2. The summed E-state index contributed by atoms with van der Waals surface area (Å²) in [5.41, 5.74) is 2.00. The summed E-state index contributed by atoms with van der Waals surface area (Å²) in [6.45, 7) is 4.06. The zero-order chi connectivity index (χ0) is 17.2. The van der Waals surface area contributed by atoms with E-state index in [9.17, 15) is 10.2 Å². The van der Waals surface area contributed by atoms with Gasteiger partial charge < -0.3 is 19.7 Å². The van der Waals surface area contributed by atoms with Gasteiger partial charge in [-0.3, -0.25) is 0 Å². The summed E-state index contributed by atoms with van der Waals surface area (Å²) in [6.07, 6.45) is -0.683. The highest BCUT2D eigenvalue weighted by molar-refractivity contribution is 5.14. The van der Waals surface area contributed by atoms with Gasteiger partial charge in [-0.15, -0.1) is 6.58 Å². The molecule has 0 aliphatic rings. The molecule has 0 bridgehead atoms. The van der Waals surface area contributed by atoms with Crippen LogP contribution in [-0.2, 0) is 22.7 Å². The largest absolute Gasteiger partial charge is 0.394 e. The number of hydrogen-bond donors (Lipinski definition) is 2. The van der Waals surface area contributed by atoms with Crippen LogP contribution in [0.1, 0.15) is 11.1 Å². The molecule has 2 aromatic carbocycles. The number of ether oxygens (including phenoxy) is 2. The second kappa shape index (κ2) is 10.0. The molecule has 2 rings (SSSR count). The highest BCUT2D eigenvalue weighted by atomic mass is 16.5. The molecule has 128 valence electrons. The van der Waals surface area contributed by atoms with E-state index in [-0.39, 0.29) is 0 Å². The van der Waals surface area contributed by atoms with E-state index in [4.69, 9.17) is 9.47 Å². The van der Waals surface area contributed by atoms with Gasteiger partial charge in [0.25, 0.3) is 0 Å². The fourth-order valence-electron chi connectivity index (χ4n) is 2.36. The van der Waals surface area contributed by atoms with Crippen molar-refractivity contribution < 1.29 is 19.7 Å². The van der Waals surface area contributed by atoms with Crippen molar-refractivity contribution in [1.29, 1.82) is 0 Å². The molecule has 4 nitrogen and oxygen atoms in total. The summed E-state index contributed by atoms with van der Waals surface area (Å²) in [4.78, 5) is 0. The lowest BCUT2D eigenvalue weighted by Gasteiger charge is -2.28. The summed E-state index contributed by atoms with van der Waals surface area (Å²) < 4.78 is 11.7. The van der Waals surface area contributed by atoms with Crippen molar-refractivity contribution in [1.82, 2.24) is 0 Å². The normalized spacial score (nSPS) is 14.8. The van der Waals surface area contributed by atoms with E-state index in [1.165, 1.54) is 0 Å². The van der Waals surface area contributed by atoms with Crippen LogP contribution in [0.15, 0.2) is 73.3 Å². The Hall–Kier alpha value is -1.98. The summed E-state index contributed by atoms with van der Waals surface area (Å²) in [6, 6.07) is 19.4. The average molecular weight is 328 g/mol. The lowest BCUT2D eigenvalue weighted by molar-refractivity contribution is -0.126. The quantitative estimate of drug-likeness (QED) is 0.659. The molecule has 2 N–H and O–H groups in total. The van der Waals surface area contributed by atoms with E-state index in [0.29, 0.717) is 13.2 Å². The van der Waals surface area contributed by atoms with Crippen molar-refractivity contribution in [2.45, 2.75) is 31.5 Å². The molecule has 0 unspecified atom stereocenters. The van der Waals surface area contributed by atoms with Gasteiger partial charge in [0.1, 0.15) is 18.3 Å². The summed E-state index contributed by atoms with van der Waals surface area (Å²) >= 11 is 0. The third-order valence-corrected chi connectivity index (χ3v) is 3.69. The fourth-order valence-corrected chi connectivity index (χ4v) is 2.36. The third-order valence-electron chi connectivity index (χ3n) is 3.69. The first-order valence-electron chi connectivity index (χ1n) is 7.97. The number of rotatable bonds is 10. The third kappa shape index (κ3) is 5.58. The Labute approximate surface area is 143 Å². The predicted molar refractivity (Wildman–Crippen MR) is 93.3 cm³/mol. The number of hydrogen-bond acceptors (Lipinski definition) is 4. The maximum atomic E-state index is 10.1. The molecule has 0 aromatic heterocycles. The first kappa shape index (κ1) is 18.4. The van der Waals surface area contributed by atoms with Crippen LogP contribution >= 0.6 is 0 Å². The predicted octanol–water partition coefficient (Wildman–Crippen LogP) is 2.70. The highest BCUT2D eigenvalue weighted by Crippen LogP contribution is 2.15. The molecular weight excluding hydrogens is 304 g/mol. The minimum absolute atomic E-state index is 0.321. The summed E-state index contributed by atoms with van der Waals surface area (Å²) in [5, 5.41) is 19.4. The van der Waals surface area contributed by atoms with Crippen molar-refractivity contribution in [2.24, 2.45) is 0 Å². The minimum atomic E-state index is -1.05. The Morgan fingerprint density at radius 1 is 0.875 bits per heavy atom. The second-order valence-corrected chi connectivity index (χ2v) is 5.51. The van der Waals surface area contributed by atoms with Crippen molar-refractivity contribution in [3.8, 4) is 0 Å². The topological polar surface area (TPSA) is 58.9 Å². The molecule has 2 aromatic rings. The standard InChI is InChI=1S/C20H24O4/c1-2-19(23-14-16-9-5-3-6-10-16)20(18(22)13-21)24-15-17-11-7-4-8-12-17/h2-12,18-22H,1,13-15H2/t18-,19+,20+/m0/s1. The molecule has 0 saturated carbocycles. The Morgan fingerprint density at radius 2 is 1.38 bits per heavy atom. The van der Waals surface area contributed by atoms with Gasteiger partial charge in [-0.05, 0) is 11.1 Å². The monoisotopic (exact) mass is 328 g/mol. The first-order chi connectivity index (χ1) is 11.7. The van der Waals surface area contributed by atoms with Gasteiger partial charge in [-0.1, -0.05) is 66.7 Å². The van der Waals surface area contributed by atoms with Crippen molar-refractivity contribution in [3.05, 3.63) is 84.4 Å². The molecular formula is C20H24O4. The fraction of sp³-hybridized carbons (Fsp3) is 0.300. The Bertz CT molecular complexity index is 585. The van der Waals surface area contributed by atoms with Crippen molar-refractivity contribution in [2.75, 3.05) is 6.61 Å². The Morgan fingerprint density at radius 3 is 1.83 bits per heavy atom.